The summed E-state index contributed by atoms with van der Waals surface area (Å²) in [6, 6.07) is 7.23. The lowest BCUT2D eigenvalue weighted by atomic mass is 9.82. The standard InChI is InChI=1S/C23H34N2O5/c1-6-24(7-2)20(26)17-10-8-16(9-11-17)18-12-14-25(15-13-19(18)21(27)28)22(29)30-23(3,4)5/h8-11,18-19H,6-7,12-15H2,1-5H3,(H,27,28)/t18-,19+/m0/s1. The molecule has 1 aromatic rings. The van der Waals surface area contributed by atoms with Gasteiger partial charge in [-0.1, -0.05) is 12.1 Å². The number of amides is 2. The van der Waals surface area contributed by atoms with E-state index in [-0.39, 0.29) is 11.8 Å². The SMILES string of the molecule is CCN(CC)C(=O)c1ccc([C@@H]2CCN(C(=O)OC(C)(C)C)CC[C@H]2C(=O)O)cc1. The van der Waals surface area contributed by atoms with Crippen LogP contribution in [0, 0.1) is 5.92 Å². The molecule has 1 aromatic carbocycles. The van der Waals surface area contributed by atoms with E-state index in [0.717, 1.165) is 5.56 Å². The number of carbonyl (C=O) groups is 3. The number of carboxylic acids is 1. The fourth-order valence-corrected chi connectivity index (χ4v) is 3.87. The van der Waals surface area contributed by atoms with Gasteiger partial charge >= 0.3 is 12.1 Å². The highest BCUT2D eigenvalue weighted by molar-refractivity contribution is 5.94. The smallest absolute Gasteiger partial charge is 0.410 e. The zero-order valence-corrected chi connectivity index (χ0v) is 18.7. The summed E-state index contributed by atoms with van der Waals surface area (Å²) in [5.41, 5.74) is 0.880. The molecule has 0 saturated carbocycles. The third kappa shape index (κ3) is 5.97. The van der Waals surface area contributed by atoms with E-state index in [2.05, 4.69) is 0 Å². The van der Waals surface area contributed by atoms with E-state index >= 15 is 0 Å². The lowest BCUT2D eigenvalue weighted by molar-refractivity contribution is -0.142. The number of hydrogen-bond acceptors (Lipinski definition) is 4. The van der Waals surface area contributed by atoms with Gasteiger partial charge in [-0.15, -0.1) is 0 Å². The monoisotopic (exact) mass is 418 g/mol. The van der Waals surface area contributed by atoms with Gasteiger partial charge in [-0.25, -0.2) is 4.79 Å². The molecule has 1 heterocycles. The lowest BCUT2D eigenvalue weighted by Gasteiger charge is -2.26. The van der Waals surface area contributed by atoms with Gasteiger partial charge in [0.2, 0.25) is 0 Å². The Balaban J connectivity index is 2.19. The molecule has 2 rings (SSSR count). The molecule has 2 atom stereocenters. The van der Waals surface area contributed by atoms with E-state index in [1.807, 2.05) is 46.8 Å². The average molecular weight is 419 g/mol. The summed E-state index contributed by atoms with van der Waals surface area (Å²) < 4.78 is 5.45. The molecule has 1 aliphatic rings. The highest BCUT2D eigenvalue weighted by atomic mass is 16.6. The van der Waals surface area contributed by atoms with Crippen molar-refractivity contribution in [2.75, 3.05) is 26.2 Å². The molecule has 7 nitrogen and oxygen atoms in total. The van der Waals surface area contributed by atoms with E-state index in [1.54, 1.807) is 21.9 Å². The second-order valence-electron chi connectivity index (χ2n) is 8.70. The summed E-state index contributed by atoms with van der Waals surface area (Å²) >= 11 is 0. The summed E-state index contributed by atoms with van der Waals surface area (Å²) in [6.07, 6.45) is 0.478. The van der Waals surface area contributed by atoms with E-state index in [0.29, 0.717) is 44.6 Å². The third-order valence-corrected chi connectivity index (χ3v) is 5.51. The molecular weight excluding hydrogens is 384 g/mol. The van der Waals surface area contributed by atoms with Crippen LogP contribution in [0.25, 0.3) is 0 Å². The minimum absolute atomic E-state index is 0.0294. The van der Waals surface area contributed by atoms with Crippen molar-refractivity contribution in [2.45, 2.75) is 59.0 Å². The molecule has 0 aliphatic carbocycles. The average Bonchev–Trinajstić information content (AvgIpc) is 2.91. The van der Waals surface area contributed by atoms with E-state index < -0.39 is 23.6 Å². The first-order chi connectivity index (χ1) is 14.1. The lowest BCUT2D eigenvalue weighted by Crippen LogP contribution is -2.37. The Labute approximate surface area is 179 Å². The molecule has 2 amide bonds. The van der Waals surface area contributed by atoms with E-state index in [4.69, 9.17) is 4.74 Å². The van der Waals surface area contributed by atoms with Gasteiger partial charge < -0.3 is 19.6 Å². The molecule has 7 heteroatoms. The Bertz CT molecular complexity index is 750. The van der Waals surface area contributed by atoms with Crippen LogP contribution < -0.4 is 0 Å². The van der Waals surface area contributed by atoms with Gasteiger partial charge in [0.1, 0.15) is 5.60 Å². The maximum absolute atomic E-state index is 12.5. The van der Waals surface area contributed by atoms with Crippen LogP contribution >= 0.6 is 0 Å². The first-order valence-electron chi connectivity index (χ1n) is 10.7. The van der Waals surface area contributed by atoms with Crippen molar-refractivity contribution in [3.05, 3.63) is 35.4 Å². The number of benzene rings is 1. The fraction of sp³-hybridized carbons (Fsp3) is 0.609. The molecule has 30 heavy (non-hydrogen) atoms. The number of aliphatic carboxylic acids is 1. The molecule has 166 valence electrons. The van der Waals surface area contributed by atoms with Gasteiger partial charge in [0, 0.05) is 31.7 Å². The zero-order valence-electron chi connectivity index (χ0n) is 18.7. The molecule has 0 aromatic heterocycles. The van der Waals surface area contributed by atoms with E-state index in [1.165, 1.54) is 0 Å². The van der Waals surface area contributed by atoms with Gasteiger partial charge in [-0.2, -0.15) is 0 Å². The van der Waals surface area contributed by atoms with Gasteiger partial charge in [0.25, 0.3) is 5.91 Å². The molecule has 0 unspecified atom stereocenters. The summed E-state index contributed by atoms with van der Waals surface area (Å²) in [7, 11) is 0. The molecule has 1 N–H and O–H groups in total. The topological polar surface area (TPSA) is 87.2 Å². The Morgan fingerprint density at radius 3 is 2.13 bits per heavy atom. The van der Waals surface area contributed by atoms with Crippen LogP contribution in [0.1, 0.15) is 69.3 Å². The Hall–Kier alpha value is -2.57. The van der Waals surface area contributed by atoms with Crippen LogP contribution in [-0.2, 0) is 9.53 Å². The number of ether oxygens (including phenoxy) is 1. The second kappa shape index (κ2) is 9.96. The molecular formula is C23H34N2O5. The van der Waals surface area contributed by atoms with Crippen LogP contribution in [0.15, 0.2) is 24.3 Å². The van der Waals surface area contributed by atoms with Gasteiger partial charge in [-0.3, -0.25) is 9.59 Å². The fourth-order valence-electron chi connectivity index (χ4n) is 3.87. The number of rotatable bonds is 5. The molecule has 0 spiro atoms. The number of nitrogens with zero attached hydrogens (tertiary/aromatic N) is 2. The quantitative estimate of drug-likeness (QED) is 0.781. The number of likely N-dealkylation sites (tertiary alicyclic amines) is 1. The van der Waals surface area contributed by atoms with Crippen molar-refractivity contribution < 1.29 is 24.2 Å². The zero-order chi connectivity index (χ0) is 22.5. The maximum atomic E-state index is 12.5. The first kappa shape index (κ1) is 23.7. The van der Waals surface area contributed by atoms with Gasteiger partial charge in [0.15, 0.2) is 0 Å². The highest BCUT2D eigenvalue weighted by Crippen LogP contribution is 2.34. The Morgan fingerprint density at radius 1 is 1.07 bits per heavy atom. The number of carboxylic acid groups (broad SMARTS) is 1. The number of hydrogen-bond donors (Lipinski definition) is 1. The summed E-state index contributed by atoms with van der Waals surface area (Å²) in [5.74, 6) is -1.72. The summed E-state index contributed by atoms with van der Waals surface area (Å²) in [4.78, 5) is 40.3. The van der Waals surface area contributed by atoms with Gasteiger partial charge in [0.05, 0.1) is 5.92 Å². The minimum Gasteiger partial charge on any atom is -0.481 e. The van der Waals surface area contributed by atoms with Crippen LogP contribution in [0.5, 0.6) is 0 Å². The molecule has 0 bridgehead atoms. The largest absolute Gasteiger partial charge is 0.481 e. The normalized spacial score (nSPS) is 19.7. The van der Waals surface area contributed by atoms with Crippen LogP contribution in [0.3, 0.4) is 0 Å². The highest BCUT2D eigenvalue weighted by Gasteiger charge is 2.35. The second-order valence-corrected chi connectivity index (χ2v) is 8.70. The third-order valence-electron chi connectivity index (χ3n) is 5.51. The van der Waals surface area contributed by atoms with Crippen LogP contribution in [0.4, 0.5) is 4.79 Å². The van der Waals surface area contributed by atoms with Crippen molar-refractivity contribution in [3.63, 3.8) is 0 Å². The Kier molecular flexibility index (Phi) is 7.87. The summed E-state index contributed by atoms with van der Waals surface area (Å²) in [6.45, 7) is 11.4. The van der Waals surface area contributed by atoms with Crippen molar-refractivity contribution in [3.8, 4) is 0 Å². The molecule has 1 aliphatic heterocycles. The minimum atomic E-state index is -0.866. The molecule has 1 fully saturated rings. The van der Waals surface area contributed by atoms with Crippen molar-refractivity contribution >= 4 is 18.0 Å². The van der Waals surface area contributed by atoms with Crippen molar-refractivity contribution in [1.82, 2.24) is 9.80 Å². The molecule has 0 radical (unpaired) electrons. The summed E-state index contributed by atoms with van der Waals surface area (Å²) in [5, 5.41) is 9.79. The van der Waals surface area contributed by atoms with Crippen molar-refractivity contribution in [1.29, 1.82) is 0 Å². The first-order valence-corrected chi connectivity index (χ1v) is 10.7. The van der Waals surface area contributed by atoms with E-state index in [9.17, 15) is 19.5 Å². The van der Waals surface area contributed by atoms with Gasteiger partial charge in [-0.05, 0) is 71.1 Å². The predicted molar refractivity (Wildman–Crippen MR) is 115 cm³/mol. The van der Waals surface area contributed by atoms with Crippen molar-refractivity contribution in [2.24, 2.45) is 5.92 Å². The maximum Gasteiger partial charge on any atom is 0.410 e. The predicted octanol–water partition coefficient (Wildman–Crippen LogP) is 3.98. The number of carbonyl (C=O) groups excluding carboxylic acids is 2. The molecule has 1 saturated heterocycles. The van der Waals surface area contributed by atoms with Crippen LogP contribution in [0.2, 0.25) is 0 Å². The Morgan fingerprint density at radius 2 is 1.63 bits per heavy atom. The van der Waals surface area contributed by atoms with Crippen LogP contribution in [-0.4, -0.2) is 64.7 Å².